The maximum absolute atomic E-state index is 14.0. The van der Waals surface area contributed by atoms with Gasteiger partial charge in [-0.2, -0.15) is 18.4 Å². The summed E-state index contributed by atoms with van der Waals surface area (Å²) in [5, 5.41) is 25.5. The van der Waals surface area contributed by atoms with E-state index in [1.54, 1.807) is 59.9 Å². The number of β-amino-alcohol motifs (C(OH)–C–C–N with tert-alkyl or cyclic N) is 1. The summed E-state index contributed by atoms with van der Waals surface area (Å²) in [6.45, 7) is 13.6. The summed E-state index contributed by atoms with van der Waals surface area (Å²) in [6, 6.07) is 14.5. The number of aryl methyl sites for hydroxylation is 1. The van der Waals surface area contributed by atoms with Crippen LogP contribution in [0.3, 0.4) is 0 Å². The molecule has 16 nitrogen and oxygen atoms in total. The number of rotatable bonds is 20. The number of anilines is 2. The summed E-state index contributed by atoms with van der Waals surface area (Å²) in [5.74, 6) is -1.36. The molecule has 4 aromatic rings. The number of ether oxygens (including phenoxy) is 3. The molecule has 71 heavy (non-hydrogen) atoms. The SMILES string of the molecule is Cc1ncsc1-c1ccc([C@H](C)NC(=O)[C@@H]2C[C@@H](O)CN2C(=O)C(NC(=O)COCCCOCCCCOc2ccc(N3C(=S)N(c4cnc(C#N)c(C(F)(F)F)c4)C(=O)C3(C)C)cc2)C(C)(C)C)cc1. The number of aliphatic hydroxyl groups is 1. The van der Waals surface area contributed by atoms with Crippen molar-refractivity contribution in [2.75, 3.05) is 49.4 Å². The number of thiazole rings is 1. The van der Waals surface area contributed by atoms with Gasteiger partial charge in [0.1, 0.15) is 36.0 Å². The normalized spacial score (nSPS) is 17.8. The number of nitrogens with one attached hydrogen (secondary N) is 2. The molecule has 3 N–H and O–H groups in total. The van der Waals surface area contributed by atoms with Crippen LogP contribution in [-0.4, -0.2) is 112 Å². The molecule has 0 saturated carbocycles. The zero-order chi connectivity index (χ0) is 51.8. The summed E-state index contributed by atoms with van der Waals surface area (Å²) in [7, 11) is 0. The van der Waals surface area contributed by atoms with Gasteiger partial charge in [-0.3, -0.25) is 24.1 Å². The van der Waals surface area contributed by atoms with E-state index in [1.807, 2.05) is 58.9 Å². The van der Waals surface area contributed by atoms with Gasteiger partial charge in [0, 0.05) is 38.5 Å². The van der Waals surface area contributed by atoms with Gasteiger partial charge in [0.15, 0.2) is 10.8 Å². The molecule has 2 aromatic heterocycles. The maximum Gasteiger partial charge on any atom is 0.419 e. The number of thiocarbonyl (C=S) groups is 1. The first-order chi connectivity index (χ1) is 33.5. The monoisotopic (exact) mass is 1020 g/mol. The van der Waals surface area contributed by atoms with Crippen molar-refractivity contribution in [3.05, 3.63) is 88.8 Å². The van der Waals surface area contributed by atoms with Crippen molar-refractivity contribution in [2.24, 2.45) is 5.41 Å². The van der Waals surface area contributed by atoms with Gasteiger partial charge >= 0.3 is 6.18 Å². The molecule has 2 aliphatic heterocycles. The highest BCUT2D eigenvalue weighted by Crippen LogP contribution is 2.40. The minimum atomic E-state index is -4.87. The van der Waals surface area contributed by atoms with Gasteiger partial charge in [0.05, 0.1) is 52.3 Å². The van der Waals surface area contributed by atoms with E-state index in [-0.39, 0.29) is 43.0 Å². The number of carbonyl (C=O) groups is 4. The standard InChI is InChI=1S/C50H59F3N8O8S2/c1-30(32-11-13-33(14-12-32)42-31(2)56-29-71-42)57-44(64)40-24-36(62)27-59(40)45(65)43(48(3,4)5)58-41(63)28-68-21-10-20-67-19-8-9-22-69-37-17-15-34(16-18-37)61-47(70)60(46(66)49(61,6)7)35-23-38(50(51,52)53)39(25-54)55-26-35/h11-18,23,26,29-30,36,40,43,62H,8-10,19-22,24,27-28H2,1-7H3,(H,57,64)(H,58,63)/t30-,36+,40-,43?/m0/s1. The van der Waals surface area contributed by atoms with E-state index in [2.05, 4.69) is 20.6 Å². The first-order valence-corrected chi connectivity index (χ1v) is 24.4. The Morgan fingerprint density at radius 1 is 0.972 bits per heavy atom. The third-order valence-electron chi connectivity index (χ3n) is 12.1. The van der Waals surface area contributed by atoms with E-state index in [1.165, 1.54) is 11.0 Å². The lowest BCUT2D eigenvalue weighted by molar-refractivity contribution is -0.144. The van der Waals surface area contributed by atoms with Gasteiger partial charge in [-0.1, -0.05) is 45.0 Å². The van der Waals surface area contributed by atoms with Gasteiger partial charge in [0.2, 0.25) is 17.7 Å². The van der Waals surface area contributed by atoms with Crippen molar-refractivity contribution in [1.82, 2.24) is 25.5 Å². The molecule has 0 bridgehead atoms. The quantitative estimate of drug-likeness (QED) is 0.0591. The number of amides is 4. The number of unbranched alkanes of at least 4 members (excludes halogenated alkanes) is 1. The number of aliphatic hydroxyl groups excluding tert-OH is 1. The zero-order valence-corrected chi connectivity index (χ0v) is 42.3. The predicted octanol–water partition coefficient (Wildman–Crippen LogP) is 7.27. The number of likely N-dealkylation sites (tertiary alicyclic amines) is 1. The second kappa shape index (κ2) is 23.0. The second-order valence-electron chi connectivity index (χ2n) is 19.0. The first kappa shape index (κ1) is 54.3. The van der Waals surface area contributed by atoms with E-state index in [9.17, 15) is 37.5 Å². The predicted molar refractivity (Wildman–Crippen MR) is 264 cm³/mol. The number of pyridine rings is 1. The molecule has 0 spiro atoms. The molecular weight excluding hydrogens is 962 g/mol. The number of nitriles is 1. The molecule has 2 aromatic carbocycles. The zero-order valence-electron chi connectivity index (χ0n) is 40.7. The minimum absolute atomic E-state index is 0.0417. The molecule has 4 heterocycles. The third-order valence-corrected chi connectivity index (χ3v) is 13.5. The first-order valence-electron chi connectivity index (χ1n) is 23.2. The van der Waals surface area contributed by atoms with E-state index in [4.69, 9.17) is 31.7 Å². The Hall–Kier alpha value is -6.05. The highest BCUT2D eigenvalue weighted by Gasteiger charge is 2.51. The molecule has 4 atom stereocenters. The van der Waals surface area contributed by atoms with Crippen molar-refractivity contribution in [2.45, 2.75) is 110 Å². The van der Waals surface area contributed by atoms with Crippen LogP contribution in [-0.2, 0) is 34.8 Å². The number of halogens is 3. The van der Waals surface area contributed by atoms with Crippen molar-refractivity contribution >= 4 is 63.7 Å². The summed E-state index contributed by atoms with van der Waals surface area (Å²) < 4.78 is 58.2. The fourth-order valence-corrected chi connectivity index (χ4v) is 9.61. The fourth-order valence-electron chi connectivity index (χ4n) is 8.27. The van der Waals surface area contributed by atoms with Gasteiger partial charge < -0.3 is 39.8 Å². The van der Waals surface area contributed by atoms with E-state index in [0.29, 0.717) is 56.6 Å². The van der Waals surface area contributed by atoms with Crippen LogP contribution in [0.1, 0.15) is 95.8 Å². The number of alkyl halides is 3. The lowest BCUT2D eigenvalue weighted by atomic mass is 9.85. The Morgan fingerprint density at radius 3 is 2.27 bits per heavy atom. The van der Waals surface area contributed by atoms with Gasteiger partial charge in [-0.25, -0.2) is 9.97 Å². The second-order valence-corrected chi connectivity index (χ2v) is 20.2. The summed E-state index contributed by atoms with van der Waals surface area (Å²) in [4.78, 5) is 67.1. The van der Waals surface area contributed by atoms with Crippen LogP contribution >= 0.6 is 23.6 Å². The van der Waals surface area contributed by atoms with Crippen LogP contribution in [0.25, 0.3) is 10.4 Å². The highest BCUT2D eigenvalue weighted by atomic mass is 32.1. The largest absolute Gasteiger partial charge is 0.494 e. The van der Waals surface area contributed by atoms with Gasteiger partial charge in [-0.05, 0) is 106 Å². The molecule has 2 saturated heterocycles. The molecule has 0 aliphatic carbocycles. The summed E-state index contributed by atoms with van der Waals surface area (Å²) in [6.07, 6.45) is -2.77. The van der Waals surface area contributed by atoms with Crippen LogP contribution in [0.5, 0.6) is 5.75 Å². The lowest BCUT2D eigenvalue weighted by Crippen LogP contribution is -2.58. The molecule has 4 amide bonds. The van der Waals surface area contributed by atoms with Gasteiger partial charge in [-0.15, -0.1) is 11.3 Å². The molecule has 6 rings (SSSR count). The number of hydrogen-bond donors (Lipinski definition) is 3. The summed E-state index contributed by atoms with van der Waals surface area (Å²) in [5.41, 5.74) is 0.924. The molecular formula is C50H59F3N8O8S2. The molecule has 1 unspecified atom stereocenters. The maximum atomic E-state index is 14.0. The van der Waals surface area contributed by atoms with Crippen molar-refractivity contribution in [1.29, 1.82) is 5.26 Å². The van der Waals surface area contributed by atoms with Crippen LogP contribution in [0, 0.1) is 23.7 Å². The van der Waals surface area contributed by atoms with Crippen LogP contribution in [0.15, 0.2) is 66.3 Å². The van der Waals surface area contributed by atoms with Crippen LogP contribution in [0.4, 0.5) is 24.5 Å². The van der Waals surface area contributed by atoms with Crippen LogP contribution in [0.2, 0.25) is 0 Å². The number of carbonyl (C=O) groups excluding carboxylic acids is 4. The molecule has 2 aliphatic rings. The average molecular weight is 1020 g/mol. The minimum Gasteiger partial charge on any atom is -0.494 e. The Labute approximate surface area is 420 Å². The van der Waals surface area contributed by atoms with Crippen molar-refractivity contribution < 1.29 is 51.7 Å². The number of nitrogens with zero attached hydrogens (tertiary/aromatic N) is 6. The van der Waals surface area contributed by atoms with E-state index in [0.717, 1.165) is 32.8 Å². The number of benzene rings is 2. The summed E-state index contributed by atoms with van der Waals surface area (Å²) >= 11 is 7.15. The van der Waals surface area contributed by atoms with E-state index >= 15 is 0 Å². The average Bonchev–Trinajstić information content (AvgIpc) is 3.98. The third kappa shape index (κ3) is 13.1. The number of aromatic nitrogens is 2. The highest BCUT2D eigenvalue weighted by molar-refractivity contribution is 7.81. The molecule has 380 valence electrons. The topological polar surface area (TPSA) is 200 Å². The van der Waals surface area contributed by atoms with Crippen LogP contribution < -0.4 is 25.2 Å². The fraction of sp³-hybridized carbons (Fsp3) is 0.480. The molecule has 0 radical (unpaired) electrons. The Kier molecular flexibility index (Phi) is 17.6. The Balaban J connectivity index is 0.875. The van der Waals surface area contributed by atoms with Gasteiger partial charge in [0.25, 0.3) is 5.91 Å². The molecule has 21 heteroatoms. The lowest BCUT2D eigenvalue weighted by Gasteiger charge is -2.35. The van der Waals surface area contributed by atoms with Crippen molar-refractivity contribution in [3.63, 3.8) is 0 Å². The Bertz CT molecular complexity index is 2600. The Morgan fingerprint density at radius 2 is 1.63 bits per heavy atom. The van der Waals surface area contributed by atoms with Crippen molar-refractivity contribution in [3.8, 4) is 22.3 Å². The van der Waals surface area contributed by atoms with E-state index < -0.39 is 70.2 Å². The number of hydrogen-bond acceptors (Lipinski definition) is 13. The molecule has 2 fully saturated rings. The smallest absolute Gasteiger partial charge is 0.419 e.